The van der Waals surface area contributed by atoms with Gasteiger partial charge in [-0.25, -0.2) is 4.98 Å². The Morgan fingerprint density at radius 1 is 1.32 bits per heavy atom. The SMILES string of the molecule is Cc1cc(CO)cc(N(C)CC2CC3CCC2C3)n1. The van der Waals surface area contributed by atoms with Crippen LogP contribution in [0, 0.1) is 24.7 Å². The van der Waals surface area contributed by atoms with E-state index in [0.717, 1.165) is 41.4 Å². The Morgan fingerprint density at radius 3 is 2.79 bits per heavy atom. The molecule has 2 bridgehead atoms. The van der Waals surface area contributed by atoms with Gasteiger partial charge in [0.15, 0.2) is 0 Å². The van der Waals surface area contributed by atoms with E-state index in [1.807, 2.05) is 19.1 Å². The Labute approximate surface area is 115 Å². The summed E-state index contributed by atoms with van der Waals surface area (Å²) in [5, 5.41) is 9.29. The zero-order chi connectivity index (χ0) is 13.4. The molecule has 0 radical (unpaired) electrons. The molecule has 1 heterocycles. The van der Waals surface area contributed by atoms with E-state index in [9.17, 15) is 5.11 Å². The maximum absolute atomic E-state index is 9.29. The van der Waals surface area contributed by atoms with E-state index in [1.165, 1.54) is 25.7 Å². The molecule has 0 aliphatic heterocycles. The van der Waals surface area contributed by atoms with Crippen LogP contribution in [-0.4, -0.2) is 23.7 Å². The zero-order valence-electron chi connectivity index (χ0n) is 12.0. The van der Waals surface area contributed by atoms with Gasteiger partial charge in [-0.15, -0.1) is 0 Å². The Balaban J connectivity index is 1.70. The van der Waals surface area contributed by atoms with Crippen molar-refractivity contribution in [2.75, 3.05) is 18.5 Å². The van der Waals surface area contributed by atoms with Gasteiger partial charge in [-0.3, -0.25) is 0 Å². The third kappa shape index (κ3) is 2.62. The molecule has 1 aromatic heterocycles. The molecule has 2 aliphatic rings. The predicted octanol–water partition coefficient (Wildman–Crippen LogP) is 2.75. The second kappa shape index (κ2) is 5.12. The zero-order valence-corrected chi connectivity index (χ0v) is 12.0. The number of aliphatic hydroxyl groups is 1. The van der Waals surface area contributed by atoms with Gasteiger partial charge in [0.2, 0.25) is 0 Å². The summed E-state index contributed by atoms with van der Waals surface area (Å²) in [5.74, 6) is 3.81. The number of aliphatic hydroxyl groups excluding tert-OH is 1. The van der Waals surface area contributed by atoms with Gasteiger partial charge in [-0.1, -0.05) is 6.42 Å². The minimum atomic E-state index is 0.0956. The van der Waals surface area contributed by atoms with Gasteiger partial charge in [-0.2, -0.15) is 0 Å². The van der Waals surface area contributed by atoms with Gasteiger partial charge in [0.05, 0.1) is 6.61 Å². The molecule has 0 saturated heterocycles. The first-order valence-corrected chi connectivity index (χ1v) is 7.45. The van der Waals surface area contributed by atoms with Crippen LogP contribution >= 0.6 is 0 Å². The summed E-state index contributed by atoms with van der Waals surface area (Å²) < 4.78 is 0. The summed E-state index contributed by atoms with van der Waals surface area (Å²) in [4.78, 5) is 6.88. The first kappa shape index (κ1) is 12.9. The van der Waals surface area contributed by atoms with Gasteiger partial charge in [0.25, 0.3) is 0 Å². The molecule has 0 amide bonds. The Hall–Kier alpha value is -1.09. The normalized spacial score (nSPS) is 28.9. The molecule has 104 valence electrons. The molecule has 2 saturated carbocycles. The highest BCUT2D eigenvalue weighted by molar-refractivity contribution is 5.41. The van der Waals surface area contributed by atoms with Crippen LogP contribution in [0.1, 0.15) is 36.9 Å². The van der Waals surface area contributed by atoms with E-state index in [2.05, 4.69) is 16.9 Å². The Bertz CT molecular complexity index is 460. The van der Waals surface area contributed by atoms with Crippen LogP contribution in [0.15, 0.2) is 12.1 Å². The summed E-state index contributed by atoms with van der Waals surface area (Å²) in [6, 6.07) is 3.97. The van der Waals surface area contributed by atoms with E-state index in [-0.39, 0.29) is 6.61 Å². The predicted molar refractivity (Wildman–Crippen MR) is 77.1 cm³/mol. The topological polar surface area (TPSA) is 36.4 Å². The molecule has 0 spiro atoms. The first-order valence-electron chi connectivity index (χ1n) is 7.45. The molecule has 1 aromatic rings. The van der Waals surface area contributed by atoms with Gasteiger partial charge in [0.1, 0.15) is 5.82 Å². The Morgan fingerprint density at radius 2 is 2.16 bits per heavy atom. The molecule has 3 heteroatoms. The highest BCUT2D eigenvalue weighted by atomic mass is 16.3. The standard InChI is InChI=1S/C16H24N2O/c1-11-5-13(10-19)8-16(17-11)18(2)9-15-7-12-3-4-14(15)6-12/h5,8,12,14-15,19H,3-4,6-7,9-10H2,1-2H3. The monoisotopic (exact) mass is 260 g/mol. The fraction of sp³-hybridized carbons (Fsp3) is 0.688. The van der Waals surface area contributed by atoms with Crippen molar-refractivity contribution in [3.63, 3.8) is 0 Å². The highest BCUT2D eigenvalue weighted by Gasteiger charge is 2.39. The maximum atomic E-state index is 9.29. The molecule has 2 fully saturated rings. The Kier molecular flexibility index (Phi) is 3.48. The van der Waals surface area contributed by atoms with Crippen LogP contribution < -0.4 is 4.90 Å². The third-order valence-electron chi connectivity index (χ3n) is 4.97. The largest absolute Gasteiger partial charge is 0.392 e. The molecule has 3 atom stereocenters. The minimum absolute atomic E-state index is 0.0956. The van der Waals surface area contributed by atoms with Crippen LogP contribution in [-0.2, 0) is 6.61 Å². The molecule has 3 nitrogen and oxygen atoms in total. The van der Waals surface area contributed by atoms with Crippen molar-refractivity contribution in [2.24, 2.45) is 17.8 Å². The van der Waals surface area contributed by atoms with Crippen LogP contribution in [0.25, 0.3) is 0 Å². The smallest absolute Gasteiger partial charge is 0.128 e. The van der Waals surface area contributed by atoms with Gasteiger partial charge >= 0.3 is 0 Å². The highest BCUT2D eigenvalue weighted by Crippen LogP contribution is 2.48. The number of rotatable bonds is 4. The molecule has 2 aliphatic carbocycles. The lowest BCUT2D eigenvalue weighted by molar-refractivity contribution is 0.281. The maximum Gasteiger partial charge on any atom is 0.128 e. The number of nitrogens with zero attached hydrogens (tertiary/aromatic N) is 2. The fourth-order valence-electron chi connectivity index (χ4n) is 4.05. The second-order valence-electron chi connectivity index (χ2n) is 6.45. The van der Waals surface area contributed by atoms with E-state index in [4.69, 9.17) is 0 Å². The third-order valence-corrected chi connectivity index (χ3v) is 4.97. The van der Waals surface area contributed by atoms with Crippen LogP contribution in [0.4, 0.5) is 5.82 Å². The number of aryl methyl sites for hydroxylation is 1. The van der Waals surface area contributed by atoms with Gasteiger partial charge in [0, 0.05) is 19.3 Å². The number of aromatic nitrogens is 1. The van der Waals surface area contributed by atoms with Crippen molar-refractivity contribution in [2.45, 2.75) is 39.2 Å². The van der Waals surface area contributed by atoms with E-state index < -0.39 is 0 Å². The number of anilines is 1. The van der Waals surface area contributed by atoms with Crippen molar-refractivity contribution >= 4 is 5.82 Å². The lowest BCUT2D eigenvalue weighted by Crippen LogP contribution is -2.29. The lowest BCUT2D eigenvalue weighted by Gasteiger charge is -2.28. The number of fused-ring (bicyclic) bond motifs is 2. The van der Waals surface area contributed by atoms with Crippen LogP contribution in [0.5, 0.6) is 0 Å². The molecule has 3 rings (SSSR count). The van der Waals surface area contributed by atoms with E-state index >= 15 is 0 Å². The second-order valence-corrected chi connectivity index (χ2v) is 6.45. The fourth-order valence-corrected chi connectivity index (χ4v) is 4.05. The summed E-state index contributed by atoms with van der Waals surface area (Å²) in [6.45, 7) is 3.20. The molecule has 3 unspecified atom stereocenters. The van der Waals surface area contributed by atoms with E-state index in [0.29, 0.717) is 0 Å². The lowest BCUT2D eigenvalue weighted by atomic mass is 9.88. The van der Waals surface area contributed by atoms with Crippen LogP contribution in [0.3, 0.4) is 0 Å². The van der Waals surface area contributed by atoms with Gasteiger partial charge < -0.3 is 10.0 Å². The van der Waals surface area contributed by atoms with Crippen molar-refractivity contribution in [1.29, 1.82) is 0 Å². The minimum Gasteiger partial charge on any atom is -0.392 e. The van der Waals surface area contributed by atoms with Crippen molar-refractivity contribution in [3.05, 3.63) is 23.4 Å². The average molecular weight is 260 g/mol. The van der Waals surface area contributed by atoms with Gasteiger partial charge in [-0.05, 0) is 61.6 Å². The summed E-state index contributed by atoms with van der Waals surface area (Å²) in [6.07, 6.45) is 5.77. The first-order chi connectivity index (χ1) is 9.15. The summed E-state index contributed by atoms with van der Waals surface area (Å²) in [7, 11) is 2.13. The van der Waals surface area contributed by atoms with Crippen molar-refractivity contribution in [3.8, 4) is 0 Å². The number of pyridine rings is 1. The molecule has 0 aromatic carbocycles. The van der Waals surface area contributed by atoms with Crippen LogP contribution in [0.2, 0.25) is 0 Å². The summed E-state index contributed by atoms with van der Waals surface area (Å²) >= 11 is 0. The molecular formula is C16H24N2O. The quantitative estimate of drug-likeness (QED) is 0.904. The number of hydrogen-bond acceptors (Lipinski definition) is 3. The molecular weight excluding hydrogens is 236 g/mol. The summed E-state index contributed by atoms with van der Waals surface area (Å²) in [5.41, 5.74) is 1.95. The average Bonchev–Trinajstić information content (AvgIpc) is 3.00. The molecule has 19 heavy (non-hydrogen) atoms. The molecule has 1 N–H and O–H groups in total. The van der Waals surface area contributed by atoms with E-state index in [1.54, 1.807) is 0 Å². The number of hydrogen-bond donors (Lipinski definition) is 1. The van der Waals surface area contributed by atoms with Crippen molar-refractivity contribution in [1.82, 2.24) is 4.98 Å². The van der Waals surface area contributed by atoms with Crippen molar-refractivity contribution < 1.29 is 5.11 Å².